The molecule has 0 unspecified atom stereocenters. The van der Waals surface area contributed by atoms with Crippen molar-refractivity contribution in [3.05, 3.63) is 71.9 Å². The molecule has 34 heavy (non-hydrogen) atoms. The number of hydrogen-bond acceptors (Lipinski definition) is 6. The molecule has 6 nitrogen and oxygen atoms in total. The molecule has 1 N–H and O–H groups in total. The van der Waals surface area contributed by atoms with Crippen molar-refractivity contribution < 1.29 is 17.9 Å². The molecule has 3 aromatic heterocycles. The molecule has 0 saturated heterocycles. The van der Waals surface area contributed by atoms with Gasteiger partial charge in [0.2, 0.25) is 0 Å². The quantitative estimate of drug-likeness (QED) is 0.372. The molecule has 0 aliphatic rings. The van der Waals surface area contributed by atoms with E-state index < -0.39 is 11.7 Å². The summed E-state index contributed by atoms with van der Waals surface area (Å²) in [5, 5.41) is 3.90. The third-order valence-corrected chi connectivity index (χ3v) is 5.20. The van der Waals surface area contributed by atoms with Crippen LogP contribution in [0.5, 0.6) is 0 Å². The van der Waals surface area contributed by atoms with E-state index in [4.69, 9.17) is 4.74 Å². The second-order valence-electron chi connectivity index (χ2n) is 8.86. The van der Waals surface area contributed by atoms with Crippen LogP contribution in [0.25, 0.3) is 22.2 Å². The number of ether oxygens (including phenoxy) is 1. The predicted octanol–water partition coefficient (Wildman–Crippen LogP) is 6.29. The maximum atomic E-state index is 13.5. The number of nitrogens with one attached hydrogen (secondary N) is 1. The van der Waals surface area contributed by atoms with E-state index in [-0.39, 0.29) is 17.7 Å². The van der Waals surface area contributed by atoms with Crippen LogP contribution in [-0.4, -0.2) is 27.0 Å². The van der Waals surface area contributed by atoms with Crippen molar-refractivity contribution in [1.82, 2.24) is 19.9 Å². The predicted molar refractivity (Wildman–Crippen MR) is 125 cm³/mol. The lowest BCUT2D eigenvalue weighted by molar-refractivity contribution is -0.137. The van der Waals surface area contributed by atoms with Gasteiger partial charge in [0.15, 0.2) is 5.82 Å². The van der Waals surface area contributed by atoms with Gasteiger partial charge in [0.05, 0.1) is 28.7 Å². The second-order valence-corrected chi connectivity index (χ2v) is 8.86. The van der Waals surface area contributed by atoms with Gasteiger partial charge in [-0.15, -0.1) is 0 Å². The van der Waals surface area contributed by atoms with E-state index in [9.17, 15) is 13.2 Å². The van der Waals surface area contributed by atoms with Crippen molar-refractivity contribution in [2.24, 2.45) is 0 Å². The van der Waals surface area contributed by atoms with Gasteiger partial charge in [-0.3, -0.25) is 9.97 Å². The van der Waals surface area contributed by atoms with E-state index in [2.05, 4.69) is 46.0 Å². The average molecular weight is 467 g/mol. The number of methoxy groups -OCH3 is 1. The van der Waals surface area contributed by atoms with Crippen LogP contribution in [0.2, 0.25) is 0 Å². The molecule has 0 bridgehead atoms. The molecule has 1 aromatic carbocycles. The van der Waals surface area contributed by atoms with Crippen molar-refractivity contribution >= 4 is 22.4 Å². The highest BCUT2D eigenvalue weighted by atomic mass is 19.4. The van der Waals surface area contributed by atoms with Gasteiger partial charge >= 0.3 is 6.18 Å². The van der Waals surface area contributed by atoms with Crippen molar-refractivity contribution in [3.63, 3.8) is 0 Å². The Morgan fingerprint density at radius 3 is 2.41 bits per heavy atom. The van der Waals surface area contributed by atoms with E-state index in [1.54, 1.807) is 24.4 Å². The second kappa shape index (κ2) is 8.98. The topological polar surface area (TPSA) is 72.8 Å². The maximum Gasteiger partial charge on any atom is 0.418 e. The normalized spacial score (nSPS) is 12.2. The molecule has 3 heterocycles. The minimum absolute atomic E-state index is 0.0804. The van der Waals surface area contributed by atoms with E-state index in [1.807, 2.05) is 12.1 Å². The highest BCUT2D eigenvalue weighted by Gasteiger charge is 2.34. The van der Waals surface area contributed by atoms with Gasteiger partial charge < -0.3 is 10.1 Å². The molecule has 4 aromatic rings. The Bertz CT molecular complexity index is 1320. The molecule has 9 heteroatoms. The van der Waals surface area contributed by atoms with Gasteiger partial charge in [-0.05, 0) is 36.4 Å². The summed E-state index contributed by atoms with van der Waals surface area (Å²) in [7, 11) is 1.52. The molecule has 0 radical (unpaired) electrons. The Kier molecular flexibility index (Phi) is 6.22. The molecule has 0 aliphatic heterocycles. The summed E-state index contributed by atoms with van der Waals surface area (Å²) in [6, 6.07) is 11.0. The first-order valence-electron chi connectivity index (χ1n) is 10.6. The third kappa shape index (κ3) is 4.99. The Balaban J connectivity index is 1.79. The number of alkyl halides is 3. The molecule has 176 valence electrons. The maximum absolute atomic E-state index is 13.5. The number of benzene rings is 1. The van der Waals surface area contributed by atoms with Crippen LogP contribution in [0.1, 0.15) is 37.9 Å². The van der Waals surface area contributed by atoms with Gasteiger partial charge in [-0.1, -0.05) is 26.8 Å². The number of anilines is 2. The summed E-state index contributed by atoms with van der Waals surface area (Å²) < 4.78 is 45.8. The van der Waals surface area contributed by atoms with Crippen molar-refractivity contribution in [2.45, 2.75) is 39.0 Å². The van der Waals surface area contributed by atoms with Crippen molar-refractivity contribution in [3.8, 4) is 11.3 Å². The van der Waals surface area contributed by atoms with E-state index in [0.717, 1.165) is 17.4 Å². The zero-order valence-electron chi connectivity index (χ0n) is 19.2. The van der Waals surface area contributed by atoms with Crippen LogP contribution in [0, 0.1) is 0 Å². The highest BCUT2D eigenvalue weighted by Crippen LogP contribution is 2.37. The van der Waals surface area contributed by atoms with Crippen LogP contribution < -0.4 is 5.32 Å². The Labute approximate surface area is 195 Å². The zero-order valence-corrected chi connectivity index (χ0v) is 19.2. The number of hydrogen-bond donors (Lipinski definition) is 1. The molecule has 4 rings (SSSR count). The van der Waals surface area contributed by atoms with E-state index in [1.165, 1.54) is 19.4 Å². The lowest BCUT2D eigenvalue weighted by Crippen LogP contribution is -2.13. The minimum atomic E-state index is -4.52. The molecular weight excluding hydrogens is 443 g/mol. The standard InChI is InChI=1S/C25H24F3N5O/c1-24(2,3)20-10-8-16(13-30-20)31-23-17-9-7-15(12-19(17)32-21(33-23)14-34-4)22-18(25(26,27)28)6-5-11-29-22/h5-13H,14H2,1-4H3,(H,31,32,33). The van der Waals surface area contributed by atoms with Gasteiger partial charge in [-0.25, -0.2) is 9.97 Å². The molecule has 0 spiro atoms. The molecule has 0 fully saturated rings. The number of pyridine rings is 2. The van der Waals surface area contributed by atoms with Gasteiger partial charge in [-0.2, -0.15) is 13.2 Å². The molecule has 0 aliphatic carbocycles. The summed E-state index contributed by atoms with van der Waals surface area (Å²) in [4.78, 5) is 17.5. The lowest BCUT2D eigenvalue weighted by atomic mass is 9.92. The molecular formula is C25H24F3N5O. The van der Waals surface area contributed by atoms with E-state index >= 15 is 0 Å². The summed E-state index contributed by atoms with van der Waals surface area (Å²) in [5.74, 6) is 0.900. The molecule has 0 saturated carbocycles. The summed E-state index contributed by atoms with van der Waals surface area (Å²) in [6.45, 7) is 6.40. The largest absolute Gasteiger partial charge is 0.418 e. The Morgan fingerprint density at radius 1 is 0.971 bits per heavy atom. The Hall–Kier alpha value is -3.59. The zero-order chi connectivity index (χ0) is 24.5. The monoisotopic (exact) mass is 467 g/mol. The van der Waals surface area contributed by atoms with Crippen molar-refractivity contribution in [2.75, 3.05) is 12.4 Å². The Morgan fingerprint density at radius 2 is 1.76 bits per heavy atom. The fourth-order valence-electron chi connectivity index (χ4n) is 3.53. The molecule has 0 amide bonds. The van der Waals surface area contributed by atoms with Gasteiger partial charge in [0, 0.05) is 35.4 Å². The minimum Gasteiger partial charge on any atom is -0.377 e. The van der Waals surface area contributed by atoms with Crippen LogP contribution in [0.15, 0.2) is 54.9 Å². The van der Waals surface area contributed by atoms with Crippen molar-refractivity contribution in [1.29, 1.82) is 0 Å². The van der Waals surface area contributed by atoms with Crippen LogP contribution in [-0.2, 0) is 22.9 Å². The van der Waals surface area contributed by atoms with Crippen LogP contribution >= 0.6 is 0 Å². The lowest BCUT2D eigenvalue weighted by Gasteiger charge is -2.18. The first-order valence-corrected chi connectivity index (χ1v) is 10.6. The third-order valence-electron chi connectivity index (χ3n) is 5.20. The van der Waals surface area contributed by atoms with E-state index in [0.29, 0.717) is 28.1 Å². The highest BCUT2D eigenvalue weighted by molar-refractivity contribution is 5.93. The average Bonchev–Trinajstić information content (AvgIpc) is 2.78. The first kappa shape index (κ1) is 23.6. The van der Waals surface area contributed by atoms with Crippen LogP contribution in [0.4, 0.5) is 24.7 Å². The number of nitrogens with zero attached hydrogens (tertiary/aromatic N) is 4. The fourth-order valence-corrected chi connectivity index (χ4v) is 3.53. The summed E-state index contributed by atoms with van der Waals surface area (Å²) >= 11 is 0. The summed E-state index contributed by atoms with van der Waals surface area (Å²) in [5.41, 5.74) is 1.42. The van der Waals surface area contributed by atoms with Gasteiger partial charge in [0.1, 0.15) is 12.4 Å². The number of aromatic nitrogens is 4. The number of halogens is 3. The fraction of sp³-hybridized carbons (Fsp3) is 0.280. The number of rotatable bonds is 5. The van der Waals surface area contributed by atoms with Crippen LogP contribution in [0.3, 0.4) is 0 Å². The van der Waals surface area contributed by atoms with Gasteiger partial charge in [0.25, 0.3) is 0 Å². The smallest absolute Gasteiger partial charge is 0.377 e. The number of fused-ring (bicyclic) bond motifs is 1. The molecule has 0 atom stereocenters. The first-order chi connectivity index (χ1) is 16.1. The SMILES string of the molecule is COCc1nc(Nc2ccc(C(C)(C)C)nc2)c2ccc(-c3ncccc3C(F)(F)F)cc2n1. The summed E-state index contributed by atoms with van der Waals surface area (Å²) in [6.07, 6.45) is -1.46.